The highest BCUT2D eigenvalue weighted by atomic mass is 16.5. The molecule has 18 heavy (non-hydrogen) atoms. The third kappa shape index (κ3) is 4.04. The molecule has 0 fully saturated rings. The van der Waals surface area contributed by atoms with Crippen LogP contribution in [0.4, 0.5) is 11.4 Å². The fourth-order valence-corrected chi connectivity index (χ4v) is 1.75. The summed E-state index contributed by atoms with van der Waals surface area (Å²) in [5.74, 6) is -0.0197. The van der Waals surface area contributed by atoms with Gasteiger partial charge in [0.15, 0.2) is 5.78 Å². The summed E-state index contributed by atoms with van der Waals surface area (Å²) < 4.78 is 5.60. The number of ether oxygens (including phenoxy) is 1. The molecule has 4 nitrogen and oxygen atoms in total. The first-order chi connectivity index (χ1) is 8.35. The van der Waals surface area contributed by atoms with Gasteiger partial charge in [-0.3, -0.25) is 4.79 Å². The molecule has 0 heterocycles. The summed E-state index contributed by atoms with van der Waals surface area (Å²) in [6.45, 7) is 8.89. The molecule has 100 valence electrons. The molecular formula is C14H22N2O2. The van der Waals surface area contributed by atoms with E-state index in [4.69, 9.17) is 10.5 Å². The molecule has 0 aromatic heterocycles. The maximum Gasteiger partial charge on any atom is 0.161 e. The fourth-order valence-electron chi connectivity index (χ4n) is 1.75. The van der Waals surface area contributed by atoms with Crippen molar-refractivity contribution < 1.29 is 9.53 Å². The zero-order valence-corrected chi connectivity index (χ0v) is 11.5. The summed E-state index contributed by atoms with van der Waals surface area (Å²) in [6, 6.07) is 5.38. The number of nitrogens with one attached hydrogen (secondary N) is 1. The standard InChI is InChI=1S/C14H22N2O2/c1-5-18-14(3,4)9-16-11-6-7-12(10(2)17)13(15)8-11/h6-8,16H,5,9,15H2,1-4H3. The molecule has 0 aliphatic heterocycles. The maximum atomic E-state index is 11.3. The van der Waals surface area contributed by atoms with Gasteiger partial charge < -0.3 is 15.8 Å². The highest BCUT2D eigenvalue weighted by molar-refractivity contribution is 5.99. The lowest BCUT2D eigenvalue weighted by molar-refractivity contribution is 0.000695. The van der Waals surface area contributed by atoms with E-state index in [9.17, 15) is 4.79 Å². The summed E-state index contributed by atoms with van der Waals surface area (Å²) in [7, 11) is 0. The Kier molecular flexibility index (Phi) is 4.73. The van der Waals surface area contributed by atoms with Gasteiger partial charge in [-0.1, -0.05) is 0 Å². The zero-order valence-electron chi connectivity index (χ0n) is 11.5. The second kappa shape index (κ2) is 5.87. The van der Waals surface area contributed by atoms with E-state index in [2.05, 4.69) is 5.32 Å². The van der Waals surface area contributed by atoms with Crippen LogP contribution in [0.3, 0.4) is 0 Å². The largest absolute Gasteiger partial charge is 0.398 e. The van der Waals surface area contributed by atoms with Crippen molar-refractivity contribution in [2.75, 3.05) is 24.2 Å². The molecule has 3 N–H and O–H groups in total. The number of rotatable bonds is 6. The van der Waals surface area contributed by atoms with Gasteiger partial charge in [-0.05, 0) is 45.9 Å². The monoisotopic (exact) mass is 250 g/mol. The number of Topliss-reactive ketones (excluding diaryl/α,β-unsaturated/α-hetero) is 1. The lowest BCUT2D eigenvalue weighted by Crippen LogP contribution is -2.33. The first kappa shape index (κ1) is 14.5. The van der Waals surface area contributed by atoms with E-state index in [1.54, 1.807) is 12.1 Å². The van der Waals surface area contributed by atoms with Gasteiger partial charge in [-0.15, -0.1) is 0 Å². The van der Waals surface area contributed by atoms with Crippen molar-refractivity contribution in [3.8, 4) is 0 Å². The van der Waals surface area contributed by atoms with Crippen molar-refractivity contribution in [1.82, 2.24) is 0 Å². The van der Waals surface area contributed by atoms with Crippen LogP contribution in [-0.2, 0) is 4.74 Å². The summed E-state index contributed by atoms with van der Waals surface area (Å²) in [4.78, 5) is 11.3. The number of anilines is 2. The van der Waals surface area contributed by atoms with Crippen LogP contribution >= 0.6 is 0 Å². The predicted molar refractivity (Wildman–Crippen MR) is 75.1 cm³/mol. The first-order valence-electron chi connectivity index (χ1n) is 6.14. The molecule has 1 aromatic rings. The Balaban J connectivity index is 2.70. The van der Waals surface area contributed by atoms with Crippen molar-refractivity contribution in [2.45, 2.75) is 33.3 Å². The molecule has 0 amide bonds. The smallest absolute Gasteiger partial charge is 0.161 e. The fraction of sp³-hybridized carbons (Fsp3) is 0.500. The summed E-state index contributed by atoms with van der Waals surface area (Å²) in [6.07, 6.45) is 0. The van der Waals surface area contributed by atoms with E-state index in [0.29, 0.717) is 24.4 Å². The molecule has 0 bridgehead atoms. The van der Waals surface area contributed by atoms with Gasteiger partial charge in [0.05, 0.1) is 5.60 Å². The van der Waals surface area contributed by atoms with Crippen LogP contribution in [-0.4, -0.2) is 24.5 Å². The number of carbonyl (C=O) groups is 1. The Morgan fingerprint density at radius 1 is 1.44 bits per heavy atom. The minimum absolute atomic E-state index is 0.0197. The number of benzene rings is 1. The van der Waals surface area contributed by atoms with Crippen LogP contribution in [0.15, 0.2) is 18.2 Å². The normalized spacial score (nSPS) is 11.3. The lowest BCUT2D eigenvalue weighted by Gasteiger charge is -2.25. The molecule has 0 atom stereocenters. The Labute approximate surface area is 109 Å². The minimum atomic E-state index is -0.233. The van der Waals surface area contributed by atoms with Gasteiger partial charge in [-0.2, -0.15) is 0 Å². The van der Waals surface area contributed by atoms with Crippen LogP contribution in [0.25, 0.3) is 0 Å². The van der Waals surface area contributed by atoms with E-state index in [-0.39, 0.29) is 11.4 Å². The topological polar surface area (TPSA) is 64.3 Å². The molecular weight excluding hydrogens is 228 g/mol. The molecule has 0 saturated heterocycles. The van der Waals surface area contributed by atoms with E-state index in [1.807, 2.05) is 26.8 Å². The third-order valence-electron chi connectivity index (χ3n) is 2.68. The van der Waals surface area contributed by atoms with Crippen LogP contribution in [0.2, 0.25) is 0 Å². The molecule has 1 rings (SSSR count). The first-order valence-corrected chi connectivity index (χ1v) is 6.14. The number of nitrogen functional groups attached to an aromatic ring is 1. The Morgan fingerprint density at radius 3 is 2.61 bits per heavy atom. The van der Waals surface area contributed by atoms with Gasteiger partial charge in [0.2, 0.25) is 0 Å². The number of carbonyl (C=O) groups excluding carboxylic acids is 1. The molecule has 0 saturated carbocycles. The van der Waals surface area contributed by atoms with Gasteiger partial charge in [0.1, 0.15) is 0 Å². The van der Waals surface area contributed by atoms with Crippen LogP contribution in [0, 0.1) is 0 Å². The van der Waals surface area contributed by atoms with Gasteiger partial charge in [0.25, 0.3) is 0 Å². The molecule has 1 aromatic carbocycles. The Hall–Kier alpha value is -1.55. The molecule has 0 radical (unpaired) electrons. The van der Waals surface area contributed by atoms with Crippen LogP contribution < -0.4 is 11.1 Å². The highest BCUT2D eigenvalue weighted by Crippen LogP contribution is 2.19. The third-order valence-corrected chi connectivity index (χ3v) is 2.68. The van der Waals surface area contributed by atoms with E-state index >= 15 is 0 Å². The SMILES string of the molecule is CCOC(C)(C)CNc1ccc(C(C)=O)c(N)c1. The summed E-state index contributed by atoms with van der Waals surface area (Å²) >= 11 is 0. The molecule has 4 heteroatoms. The highest BCUT2D eigenvalue weighted by Gasteiger charge is 2.17. The van der Waals surface area contributed by atoms with Gasteiger partial charge in [-0.25, -0.2) is 0 Å². The Morgan fingerprint density at radius 2 is 2.11 bits per heavy atom. The number of hydrogen-bond acceptors (Lipinski definition) is 4. The van der Waals surface area contributed by atoms with E-state index in [1.165, 1.54) is 6.92 Å². The van der Waals surface area contributed by atoms with Crippen molar-refractivity contribution in [2.24, 2.45) is 0 Å². The number of nitrogens with two attached hydrogens (primary N) is 1. The van der Waals surface area contributed by atoms with E-state index < -0.39 is 0 Å². The lowest BCUT2D eigenvalue weighted by atomic mass is 10.1. The van der Waals surface area contributed by atoms with Crippen molar-refractivity contribution >= 4 is 17.2 Å². The maximum absolute atomic E-state index is 11.3. The Bertz CT molecular complexity index is 428. The second-order valence-electron chi connectivity index (χ2n) is 4.90. The quantitative estimate of drug-likeness (QED) is 0.602. The van der Waals surface area contributed by atoms with Crippen LogP contribution in [0.5, 0.6) is 0 Å². The van der Waals surface area contributed by atoms with Crippen LogP contribution in [0.1, 0.15) is 38.1 Å². The van der Waals surface area contributed by atoms with Crippen molar-refractivity contribution in [3.63, 3.8) is 0 Å². The molecule has 0 aliphatic carbocycles. The molecule has 0 spiro atoms. The molecule has 0 aliphatic rings. The predicted octanol–water partition coefficient (Wildman–Crippen LogP) is 2.70. The van der Waals surface area contributed by atoms with Gasteiger partial charge >= 0.3 is 0 Å². The van der Waals surface area contributed by atoms with Crippen molar-refractivity contribution in [1.29, 1.82) is 0 Å². The van der Waals surface area contributed by atoms with E-state index in [0.717, 1.165) is 5.69 Å². The summed E-state index contributed by atoms with van der Waals surface area (Å²) in [5.41, 5.74) is 7.55. The zero-order chi connectivity index (χ0) is 13.8. The second-order valence-corrected chi connectivity index (χ2v) is 4.90. The average molecular weight is 250 g/mol. The average Bonchev–Trinajstić information content (AvgIpc) is 2.26. The number of hydrogen-bond donors (Lipinski definition) is 2. The van der Waals surface area contributed by atoms with Gasteiger partial charge in [0, 0.05) is 30.1 Å². The minimum Gasteiger partial charge on any atom is -0.398 e. The molecule has 0 unspecified atom stereocenters. The number of ketones is 1. The summed E-state index contributed by atoms with van der Waals surface area (Å²) in [5, 5.41) is 3.26. The van der Waals surface area contributed by atoms with Crippen molar-refractivity contribution in [3.05, 3.63) is 23.8 Å².